The van der Waals surface area contributed by atoms with Gasteiger partial charge >= 0.3 is 0 Å². The molecule has 1 amide bonds. The molecule has 3 rings (SSSR count). The van der Waals surface area contributed by atoms with Gasteiger partial charge in [-0.1, -0.05) is 30.3 Å². The summed E-state index contributed by atoms with van der Waals surface area (Å²) < 4.78 is 5.76. The van der Waals surface area contributed by atoms with E-state index >= 15 is 0 Å². The van der Waals surface area contributed by atoms with Gasteiger partial charge in [-0.15, -0.1) is 0 Å². The molecule has 2 unspecified atom stereocenters. The van der Waals surface area contributed by atoms with E-state index in [4.69, 9.17) is 4.42 Å². The van der Waals surface area contributed by atoms with Gasteiger partial charge in [-0.25, -0.2) is 4.98 Å². The number of aryl methyl sites for hydroxylation is 1. The highest BCUT2D eigenvalue weighted by atomic mass is 16.4. The van der Waals surface area contributed by atoms with Crippen LogP contribution in [0.5, 0.6) is 0 Å². The van der Waals surface area contributed by atoms with Crippen molar-refractivity contribution in [2.45, 2.75) is 38.8 Å². The Morgan fingerprint density at radius 2 is 2.13 bits per heavy atom. The number of benzene rings is 1. The molecule has 0 radical (unpaired) electrons. The Morgan fingerprint density at radius 3 is 2.91 bits per heavy atom. The summed E-state index contributed by atoms with van der Waals surface area (Å²) in [6.45, 7) is 5.83. The third-order valence-corrected chi connectivity index (χ3v) is 4.52. The number of piperazine rings is 1. The number of aromatic nitrogens is 1. The van der Waals surface area contributed by atoms with Gasteiger partial charge in [-0.3, -0.25) is 4.79 Å². The summed E-state index contributed by atoms with van der Waals surface area (Å²) in [7, 11) is 0. The van der Waals surface area contributed by atoms with E-state index < -0.39 is 0 Å². The van der Waals surface area contributed by atoms with E-state index in [0.29, 0.717) is 24.8 Å². The quantitative estimate of drug-likeness (QED) is 0.942. The van der Waals surface area contributed by atoms with E-state index in [1.54, 1.807) is 6.20 Å². The van der Waals surface area contributed by atoms with Crippen molar-refractivity contribution in [3.63, 3.8) is 0 Å². The van der Waals surface area contributed by atoms with E-state index in [0.717, 1.165) is 24.4 Å². The molecule has 122 valence electrons. The maximum absolute atomic E-state index is 12.4. The SMILES string of the molecule is CC1NCCN(C(=O)CCc2ncc(-c3ccccc3)o2)C1C. The van der Waals surface area contributed by atoms with E-state index in [2.05, 4.69) is 24.1 Å². The Bertz CT molecular complexity index is 653. The lowest BCUT2D eigenvalue weighted by atomic mass is 10.1. The Labute approximate surface area is 136 Å². The minimum atomic E-state index is 0.172. The molecule has 1 aromatic carbocycles. The van der Waals surface area contributed by atoms with Gasteiger partial charge < -0.3 is 14.6 Å². The highest BCUT2D eigenvalue weighted by molar-refractivity contribution is 5.77. The molecule has 1 saturated heterocycles. The van der Waals surface area contributed by atoms with E-state index in [-0.39, 0.29) is 11.9 Å². The first-order chi connectivity index (χ1) is 11.1. The van der Waals surface area contributed by atoms with Gasteiger partial charge in [0.05, 0.1) is 6.20 Å². The minimum Gasteiger partial charge on any atom is -0.441 e. The van der Waals surface area contributed by atoms with Gasteiger partial charge in [-0.05, 0) is 13.8 Å². The predicted molar refractivity (Wildman–Crippen MR) is 88.9 cm³/mol. The Balaban J connectivity index is 1.58. The Hall–Kier alpha value is -2.14. The van der Waals surface area contributed by atoms with Crippen molar-refractivity contribution in [1.82, 2.24) is 15.2 Å². The zero-order valence-corrected chi connectivity index (χ0v) is 13.7. The van der Waals surface area contributed by atoms with Crippen molar-refractivity contribution in [2.75, 3.05) is 13.1 Å². The van der Waals surface area contributed by atoms with Crippen molar-refractivity contribution in [1.29, 1.82) is 0 Å². The maximum Gasteiger partial charge on any atom is 0.223 e. The largest absolute Gasteiger partial charge is 0.441 e. The molecule has 1 aliphatic heterocycles. The first-order valence-corrected chi connectivity index (χ1v) is 8.18. The molecule has 1 N–H and O–H groups in total. The van der Waals surface area contributed by atoms with Crippen molar-refractivity contribution in [2.24, 2.45) is 0 Å². The van der Waals surface area contributed by atoms with Crippen molar-refractivity contribution < 1.29 is 9.21 Å². The van der Waals surface area contributed by atoms with Gasteiger partial charge in [-0.2, -0.15) is 0 Å². The third-order valence-electron chi connectivity index (χ3n) is 4.52. The van der Waals surface area contributed by atoms with Crippen LogP contribution < -0.4 is 5.32 Å². The van der Waals surface area contributed by atoms with Gasteiger partial charge in [0.25, 0.3) is 0 Å². The average Bonchev–Trinajstić information content (AvgIpc) is 3.05. The first kappa shape index (κ1) is 15.7. The standard InChI is InChI=1S/C18H23N3O2/c1-13-14(2)21(11-10-19-13)18(22)9-8-17-20-12-16(23-17)15-6-4-3-5-7-15/h3-7,12-14,19H,8-11H2,1-2H3. The third kappa shape index (κ3) is 3.62. The molecular weight excluding hydrogens is 290 g/mol. The summed E-state index contributed by atoms with van der Waals surface area (Å²) in [5, 5.41) is 3.39. The molecule has 5 heteroatoms. The van der Waals surface area contributed by atoms with Crippen LogP contribution in [0.2, 0.25) is 0 Å². The highest BCUT2D eigenvalue weighted by Gasteiger charge is 2.27. The molecule has 0 spiro atoms. The van der Waals surface area contributed by atoms with Crippen molar-refractivity contribution in [3.8, 4) is 11.3 Å². The van der Waals surface area contributed by atoms with Crippen molar-refractivity contribution >= 4 is 5.91 Å². The molecule has 0 saturated carbocycles. The lowest BCUT2D eigenvalue weighted by Crippen LogP contribution is -2.57. The molecule has 2 aromatic rings. The number of carbonyl (C=O) groups is 1. The van der Waals surface area contributed by atoms with Crippen LogP contribution in [-0.4, -0.2) is 41.0 Å². The predicted octanol–water partition coefficient (Wildman–Crippen LogP) is 2.48. The Morgan fingerprint density at radius 1 is 1.35 bits per heavy atom. The summed E-state index contributed by atoms with van der Waals surface area (Å²) in [6.07, 6.45) is 2.70. The van der Waals surface area contributed by atoms with Gasteiger partial charge in [0.2, 0.25) is 5.91 Å². The molecular formula is C18H23N3O2. The van der Waals surface area contributed by atoms with E-state index in [9.17, 15) is 4.79 Å². The second-order valence-electron chi connectivity index (χ2n) is 6.05. The maximum atomic E-state index is 12.4. The molecule has 5 nitrogen and oxygen atoms in total. The molecule has 1 aromatic heterocycles. The van der Waals surface area contributed by atoms with E-state index in [1.807, 2.05) is 35.2 Å². The average molecular weight is 313 g/mol. The topological polar surface area (TPSA) is 58.4 Å². The van der Waals surface area contributed by atoms with Crippen LogP contribution in [0.15, 0.2) is 40.9 Å². The highest BCUT2D eigenvalue weighted by Crippen LogP contribution is 2.20. The minimum absolute atomic E-state index is 0.172. The Kier molecular flexibility index (Phi) is 4.76. The van der Waals surface area contributed by atoms with Crippen LogP contribution in [-0.2, 0) is 11.2 Å². The monoisotopic (exact) mass is 313 g/mol. The lowest BCUT2D eigenvalue weighted by Gasteiger charge is -2.38. The van der Waals surface area contributed by atoms with E-state index in [1.165, 1.54) is 0 Å². The summed E-state index contributed by atoms with van der Waals surface area (Å²) >= 11 is 0. The molecule has 23 heavy (non-hydrogen) atoms. The van der Waals surface area contributed by atoms with Crippen LogP contribution in [0, 0.1) is 0 Å². The number of rotatable bonds is 4. The fourth-order valence-electron chi connectivity index (χ4n) is 2.93. The second kappa shape index (κ2) is 6.96. The summed E-state index contributed by atoms with van der Waals surface area (Å²) in [5.74, 6) is 1.54. The number of carbonyl (C=O) groups excluding carboxylic acids is 1. The second-order valence-corrected chi connectivity index (χ2v) is 6.05. The zero-order valence-electron chi connectivity index (χ0n) is 13.7. The van der Waals surface area contributed by atoms with Crippen LogP contribution >= 0.6 is 0 Å². The van der Waals surface area contributed by atoms with Gasteiger partial charge in [0.15, 0.2) is 11.7 Å². The molecule has 0 bridgehead atoms. The number of amides is 1. The summed E-state index contributed by atoms with van der Waals surface area (Å²) in [4.78, 5) is 18.7. The zero-order chi connectivity index (χ0) is 16.2. The molecule has 2 heterocycles. The fraction of sp³-hybridized carbons (Fsp3) is 0.444. The van der Waals surface area contributed by atoms with Crippen LogP contribution in [0.1, 0.15) is 26.2 Å². The smallest absolute Gasteiger partial charge is 0.223 e. The summed E-state index contributed by atoms with van der Waals surface area (Å²) in [6, 6.07) is 10.4. The van der Waals surface area contributed by atoms with Crippen LogP contribution in [0.4, 0.5) is 0 Å². The molecule has 2 atom stereocenters. The molecule has 1 aliphatic rings. The summed E-state index contributed by atoms with van der Waals surface area (Å²) in [5.41, 5.74) is 1.00. The number of nitrogens with zero attached hydrogens (tertiary/aromatic N) is 2. The number of nitrogens with one attached hydrogen (secondary N) is 1. The van der Waals surface area contributed by atoms with Crippen LogP contribution in [0.3, 0.4) is 0 Å². The molecule has 1 fully saturated rings. The van der Waals surface area contributed by atoms with Crippen molar-refractivity contribution in [3.05, 3.63) is 42.4 Å². The van der Waals surface area contributed by atoms with Crippen LogP contribution in [0.25, 0.3) is 11.3 Å². The lowest BCUT2D eigenvalue weighted by molar-refractivity contribution is -0.134. The number of hydrogen-bond acceptors (Lipinski definition) is 4. The molecule has 0 aliphatic carbocycles. The normalized spacial score (nSPS) is 21.4. The fourth-order valence-corrected chi connectivity index (χ4v) is 2.93. The first-order valence-electron chi connectivity index (χ1n) is 8.18. The van der Waals surface area contributed by atoms with Gasteiger partial charge in [0, 0.05) is 43.6 Å². The number of hydrogen-bond donors (Lipinski definition) is 1. The number of oxazole rings is 1. The van der Waals surface area contributed by atoms with Gasteiger partial charge in [0.1, 0.15) is 0 Å².